The van der Waals surface area contributed by atoms with Gasteiger partial charge in [0.15, 0.2) is 0 Å². The molecule has 1 rings (SSSR count). The molecule has 1 aromatic carbocycles. The van der Waals surface area contributed by atoms with Gasteiger partial charge in [0, 0.05) is 11.4 Å². The standard InChI is InChI=1S/C11H12ClNO4/c1-17-11(16)13-9(10(14)15)6-7-2-4-8(12)5-3-7/h2-5,9H,6H2,1H3,(H,13,16)(H,14,15). The van der Waals surface area contributed by atoms with E-state index in [2.05, 4.69) is 10.1 Å². The molecule has 17 heavy (non-hydrogen) atoms. The van der Waals surface area contributed by atoms with Crippen LogP contribution in [0.4, 0.5) is 4.79 Å². The highest BCUT2D eigenvalue weighted by Gasteiger charge is 2.20. The SMILES string of the molecule is COC(=O)NC(Cc1ccc(Cl)cc1)C(=O)O. The van der Waals surface area contributed by atoms with E-state index in [9.17, 15) is 9.59 Å². The Labute approximate surface area is 103 Å². The van der Waals surface area contributed by atoms with Crippen molar-refractivity contribution in [2.24, 2.45) is 0 Å². The molecule has 1 unspecified atom stereocenters. The second-order valence-corrected chi connectivity index (χ2v) is 3.79. The molecule has 0 bridgehead atoms. The summed E-state index contributed by atoms with van der Waals surface area (Å²) in [5.74, 6) is -1.12. The molecular weight excluding hydrogens is 246 g/mol. The van der Waals surface area contributed by atoms with Gasteiger partial charge in [-0.1, -0.05) is 23.7 Å². The first-order valence-corrected chi connectivity index (χ1v) is 5.22. The van der Waals surface area contributed by atoms with Crippen LogP contribution in [-0.2, 0) is 16.0 Å². The average molecular weight is 258 g/mol. The van der Waals surface area contributed by atoms with Gasteiger partial charge < -0.3 is 15.2 Å². The molecule has 0 aliphatic rings. The van der Waals surface area contributed by atoms with Crippen molar-refractivity contribution in [1.29, 1.82) is 0 Å². The predicted molar refractivity (Wildman–Crippen MR) is 62.1 cm³/mol. The summed E-state index contributed by atoms with van der Waals surface area (Å²) in [4.78, 5) is 21.9. The zero-order valence-corrected chi connectivity index (χ0v) is 9.90. The Morgan fingerprint density at radius 3 is 2.47 bits per heavy atom. The molecule has 0 fully saturated rings. The number of nitrogens with one attached hydrogen (secondary N) is 1. The molecule has 6 heteroatoms. The van der Waals surface area contributed by atoms with Gasteiger partial charge in [-0.25, -0.2) is 9.59 Å². The molecule has 0 spiro atoms. The number of hydrogen-bond donors (Lipinski definition) is 2. The maximum absolute atomic E-state index is 11.0. The van der Waals surface area contributed by atoms with E-state index in [0.717, 1.165) is 5.56 Å². The van der Waals surface area contributed by atoms with E-state index in [1.165, 1.54) is 7.11 Å². The first kappa shape index (κ1) is 13.3. The molecule has 1 amide bonds. The summed E-state index contributed by atoms with van der Waals surface area (Å²) in [5, 5.41) is 11.7. The quantitative estimate of drug-likeness (QED) is 0.861. The minimum absolute atomic E-state index is 0.168. The van der Waals surface area contributed by atoms with Crippen LogP contribution < -0.4 is 5.32 Å². The molecule has 0 saturated carbocycles. The zero-order chi connectivity index (χ0) is 12.8. The largest absolute Gasteiger partial charge is 0.480 e. The van der Waals surface area contributed by atoms with Crippen molar-refractivity contribution >= 4 is 23.7 Å². The highest BCUT2D eigenvalue weighted by molar-refractivity contribution is 6.30. The second kappa shape index (κ2) is 6.10. The van der Waals surface area contributed by atoms with E-state index in [1.54, 1.807) is 24.3 Å². The Balaban J connectivity index is 2.70. The van der Waals surface area contributed by atoms with Crippen molar-refractivity contribution in [2.45, 2.75) is 12.5 Å². The van der Waals surface area contributed by atoms with E-state index >= 15 is 0 Å². The third-order valence-corrected chi connectivity index (χ3v) is 2.38. The van der Waals surface area contributed by atoms with Crippen LogP contribution in [0.3, 0.4) is 0 Å². The van der Waals surface area contributed by atoms with Gasteiger partial charge in [-0.05, 0) is 17.7 Å². The Morgan fingerprint density at radius 2 is 2.00 bits per heavy atom. The van der Waals surface area contributed by atoms with Gasteiger partial charge in [0.05, 0.1) is 7.11 Å². The van der Waals surface area contributed by atoms with Crippen molar-refractivity contribution in [2.75, 3.05) is 7.11 Å². The number of methoxy groups -OCH3 is 1. The summed E-state index contributed by atoms with van der Waals surface area (Å²) in [6.45, 7) is 0. The van der Waals surface area contributed by atoms with Crippen molar-refractivity contribution in [3.63, 3.8) is 0 Å². The number of hydrogen-bond acceptors (Lipinski definition) is 3. The lowest BCUT2D eigenvalue weighted by molar-refractivity contribution is -0.139. The minimum Gasteiger partial charge on any atom is -0.480 e. The Morgan fingerprint density at radius 1 is 1.41 bits per heavy atom. The summed E-state index contributed by atoms with van der Waals surface area (Å²) >= 11 is 5.71. The molecule has 5 nitrogen and oxygen atoms in total. The third-order valence-electron chi connectivity index (χ3n) is 2.13. The number of carboxylic acid groups (broad SMARTS) is 1. The van der Waals surface area contributed by atoms with Crippen LogP contribution in [0.5, 0.6) is 0 Å². The fourth-order valence-electron chi connectivity index (χ4n) is 1.26. The van der Waals surface area contributed by atoms with Gasteiger partial charge in [0.2, 0.25) is 0 Å². The molecule has 1 aromatic rings. The molecule has 2 N–H and O–H groups in total. The molecule has 0 aliphatic heterocycles. The Hall–Kier alpha value is -1.75. The molecule has 0 saturated heterocycles. The lowest BCUT2D eigenvalue weighted by Crippen LogP contribution is -2.42. The lowest BCUT2D eigenvalue weighted by Gasteiger charge is -2.13. The summed E-state index contributed by atoms with van der Waals surface area (Å²) in [6.07, 6.45) is -0.604. The Bertz CT molecular complexity index is 404. The van der Waals surface area contributed by atoms with Gasteiger partial charge in [0.1, 0.15) is 6.04 Å². The lowest BCUT2D eigenvalue weighted by atomic mass is 10.1. The number of amides is 1. The van der Waals surface area contributed by atoms with E-state index in [1.807, 2.05) is 0 Å². The molecule has 0 aromatic heterocycles. The van der Waals surface area contributed by atoms with E-state index in [0.29, 0.717) is 5.02 Å². The minimum atomic E-state index is -1.12. The highest BCUT2D eigenvalue weighted by atomic mass is 35.5. The van der Waals surface area contributed by atoms with Crippen LogP contribution >= 0.6 is 11.6 Å². The van der Waals surface area contributed by atoms with Crippen molar-refractivity contribution < 1.29 is 19.4 Å². The molecule has 0 heterocycles. The number of carboxylic acids is 1. The van der Waals surface area contributed by atoms with E-state index in [4.69, 9.17) is 16.7 Å². The summed E-state index contributed by atoms with van der Waals surface area (Å²) in [7, 11) is 1.18. The number of benzene rings is 1. The number of rotatable bonds is 4. The first-order chi connectivity index (χ1) is 8.02. The maximum Gasteiger partial charge on any atom is 0.407 e. The topological polar surface area (TPSA) is 75.6 Å². The van der Waals surface area contributed by atoms with Crippen molar-refractivity contribution in [3.05, 3.63) is 34.9 Å². The van der Waals surface area contributed by atoms with Crippen LogP contribution in [0.15, 0.2) is 24.3 Å². The highest BCUT2D eigenvalue weighted by Crippen LogP contribution is 2.11. The van der Waals surface area contributed by atoms with E-state index < -0.39 is 18.1 Å². The maximum atomic E-state index is 11.0. The number of alkyl carbamates (subject to hydrolysis) is 1. The van der Waals surface area contributed by atoms with Gasteiger partial charge in [-0.2, -0.15) is 0 Å². The van der Waals surface area contributed by atoms with Gasteiger partial charge >= 0.3 is 12.1 Å². The molecule has 1 atom stereocenters. The summed E-state index contributed by atoms with van der Waals surface area (Å²) in [6, 6.07) is 5.71. The van der Waals surface area contributed by atoms with E-state index in [-0.39, 0.29) is 6.42 Å². The monoisotopic (exact) mass is 257 g/mol. The number of carbonyl (C=O) groups is 2. The first-order valence-electron chi connectivity index (χ1n) is 4.84. The summed E-state index contributed by atoms with van der Waals surface area (Å²) in [5.41, 5.74) is 0.762. The van der Waals surface area contributed by atoms with Crippen LogP contribution in [0.25, 0.3) is 0 Å². The number of carbonyl (C=O) groups excluding carboxylic acids is 1. The molecule has 0 aliphatic carbocycles. The molecule has 92 valence electrons. The van der Waals surface area contributed by atoms with Crippen LogP contribution in [0.1, 0.15) is 5.56 Å². The van der Waals surface area contributed by atoms with Gasteiger partial charge in [-0.15, -0.1) is 0 Å². The fourth-order valence-corrected chi connectivity index (χ4v) is 1.38. The predicted octanol–water partition coefficient (Wildman–Crippen LogP) is 1.69. The summed E-state index contributed by atoms with van der Waals surface area (Å²) < 4.78 is 4.35. The van der Waals surface area contributed by atoms with Gasteiger partial charge in [-0.3, -0.25) is 0 Å². The molecular formula is C11H12ClNO4. The van der Waals surface area contributed by atoms with Crippen molar-refractivity contribution in [3.8, 4) is 0 Å². The number of ether oxygens (including phenoxy) is 1. The second-order valence-electron chi connectivity index (χ2n) is 3.36. The number of halogens is 1. The third kappa shape index (κ3) is 4.32. The molecule has 0 radical (unpaired) electrons. The zero-order valence-electron chi connectivity index (χ0n) is 9.14. The average Bonchev–Trinajstić information content (AvgIpc) is 2.30. The fraction of sp³-hybridized carbons (Fsp3) is 0.273. The Kier molecular flexibility index (Phi) is 4.78. The van der Waals surface area contributed by atoms with Crippen LogP contribution in [-0.4, -0.2) is 30.3 Å². The van der Waals surface area contributed by atoms with Crippen LogP contribution in [0, 0.1) is 0 Å². The van der Waals surface area contributed by atoms with Crippen LogP contribution in [0.2, 0.25) is 5.02 Å². The number of aliphatic carboxylic acids is 1. The van der Waals surface area contributed by atoms with Gasteiger partial charge in [0.25, 0.3) is 0 Å². The van der Waals surface area contributed by atoms with Crippen molar-refractivity contribution in [1.82, 2.24) is 5.32 Å². The smallest absolute Gasteiger partial charge is 0.407 e. The normalized spacial score (nSPS) is 11.6.